The van der Waals surface area contributed by atoms with Crippen LogP contribution in [0, 0.1) is 11.3 Å². The zero-order chi connectivity index (χ0) is 13.9. The summed E-state index contributed by atoms with van der Waals surface area (Å²) in [5.41, 5.74) is 0.502. The molecule has 0 aromatic carbocycles. The van der Waals surface area contributed by atoms with Crippen molar-refractivity contribution in [1.29, 1.82) is 5.26 Å². The molecule has 0 radical (unpaired) electrons. The molecule has 20 heavy (non-hydrogen) atoms. The fourth-order valence-corrected chi connectivity index (χ4v) is 3.29. The lowest BCUT2D eigenvalue weighted by molar-refractivity contribution is 0.185. The molecule has 0 bridgehead atoms. The molecule has 2 fully saturated rings. The molecule has 1 N–H and O–H groups in total. The zero-order valence-electron chi connectivity index (χ0n) is 11.3. The van der Waals surface area contributed by atoms with Crippen LogP contribution in [0.3, 0.4) is 0 Å². The molecule has 2 aliphatic heterocycles. The monoisotopic (exact) mass is 291 g/mol. The maximum absolute atomic E-state index is 9.05. The van der Waals surface area contributed by atoms with Crippen LogP contribution >= 0.6 is 11.6 Å². The summed E-state index contributed by atoms with van der Waals surface area (Å²) in [6.45, 7) is 6.26. The summed E-state index contributed by atoms with van der Waals surface area (Å²) in [5.74, 6) is 0.753. The summed E-state index contributed by atoms with van der Waals surface area (Å²) in [6, 6.07) is 4.35. The molecule has 0 spiro atoms. The number of rotatable bonds is 2. The molecule has 1 unspecified atom stereocenters. The first-order valence-corrected chi connectivity index (χ1v) is 7.41. The fourth-order valence-electron chi connectivity index (χ4n) is 3.02. The first-order chi connectivity index (χ1) is 9.79. The van der Waals surface area contributed by atoms with E-state index in [-0.39, 0.29) is 0 Å². The minimum Gasteiger partial charge on any atom is -0.354 e. The standard InChI is InChI=1S/C14H18ClN5/c15-13-11(9-16)1-3-18-14(13)20-6-2-12(10-20)19-7-4-17-5-8-19/h1,3,12,17H,2,4-8,10H2. The van der Waals surface area contributed by atoms with Gasteiger partial charge in [0.1, 0.15) is 16.9 Å². The van der Waals surface area contributed by atoms with Gasteiger partial charge in [-0.25, -0.2) is 4.98 Å². The maximum atomic E-state index is 9.05. The van der Waals surface area contributed by atoms with Gasteiger partial charge in [0.2, 0.25) is 0 Å². The van der Waals surface area contributed by atoms with Crippen LogP contribution in [0.2, 0.25) is 5.02 Å². The van der Waals surface area contributed by atoms with E-state index in [1.54, 1.807) is 12.3 Å². The number of aromatic nitrogens is 1. The molecule has 106 valence electrons. The van der Waals surface area contributed by atoms with Crippen LogP contribution in [0.5, 0.6) is 0 Å². The van der Waals surface area contributed by atoms with Gasteiger partial charge in [-0.05, 0) is 12.5 Å². The Hall–Kier alpha value is -1.35. The summed E-state index contributed by atoms with van der Waals surface area (Å²) in [7, 11) is 0. The molecule has 1 aromatic rings. The fraction of sp³-hybridized carbons (Fsp3) is 0.571. The summed E-state index contributed by atoms with van der Waals surface area (Å²) >= 11 is 6.27. The van der Waals surface area contributed by atoms with Crippen molar-refractivity contribution in [2.75, 3.05) is 44.2 Å². The zero-order valence-corrected chi connectivity index (χ0v) is 12.1. The number of piperazine rings is 1. The van der Waals surface area contributed by atoms with Crippen LogP contribution in [0.4, 0.5) is 5.82 Å². The molecule has 0 amide bonds. The lowest BCUT2D eigenvalue weighted by Crippen LogP contribution is -2.49. The summed E-state index contributed by atoms with van der Waals surface area (Å²) in [5, 5.41) is 12.9. The van der Waals surface area contributed by atoms with Gasteiger partial charge >= 0.3 is 0 Å². The van der Waals surface area contributed by atoms with E-state index in [0.29, 0.717) is 16.6 Å². The molecule has 5 nitrogen and oxygen atoms in total. The topological polar surface area (TPSA) is 55.2 Å². The molecular formula is C14H18ClN5. The molecular weight excluding hydrogens is 274 g/mol. The number of nitrogens with zero attached hydrogens (tertiary/aromatic N) is 4. The average Bonchev–Trinajstić information content (AvgIpc) is 2.98. The average molecular weight is 292 g/mol. The van der Waals surface area contributed by atoms with Gasteiger partial charge < -0.3 is 10.2 Å². The molecule has 1 aromatic heterocycles. The van der Waals surface area contributed by atoms with Crippen LogP contribution in [0.15, 0.2) is 12.3 Å². The lowest BCUT2D eigenvalue weighted by atomic mass is 10.2. The Morgan fingerprint density at radius 3 is 2.90 bits per heavy atom. The van der Waals surface area contributed by atoms with Crippen LogP contribution in [-0.4, -0.2) is 55.2 Å². The minimum absolute atomic E-state index is 0.482. The highest BCUT2D eigenvalue weighted by Gasteiger charge is 2.30. The second-order valence-electron chi connectivity index (χ2n) is 5.28. The Balaban J connectivity index is 1.72. The second-order valence-corrected chi connectivity index (χ2v) is 5.66. The Labute approximate surface area is 124 Å². The number of hydrogen-bond acceptors (Lipinski definition) is 5. The van der Waals surface area contributed by atoms with Gasteiger partial charge in [-0.1, -0.05) is 11.6 Å². The maximum Gasteiger partial charge on any atom is 0.148 e. The Morgan fingerprint density at radius 1 is 1.35 bits per heavy atom. The van der Waals surface area contributed by atoms with Crippen molar-refractivity contribution in [3.63, 3.8) is 0 Å². The van der Waals surface area contributed by atoms with E-state index in [1.165, 1.54) is 0 Å². The van der Waals surface area contributed by atoms with Crippen molar-refractivity contribution in [3.8, 4) is 6.07 Å². The predicted octanol–water partition coefficient (Wildman–Crippen LogP) is 1.09. The van der Waals surface area contributed by atoms with Gasteiger partial charge in [-0.2, -0.15) is 5.26 Å². The second kappa shape index (κ2) is 5.96. The van der Waals surface area contributed by atoms with Gasteiger partial charge in [0.15, 0.2) is 0 Å². The number of nitriles is 1. The number of anilines is 1. The molecule has 3 heterocycles. The van der Waals surface area contributed by atoms with E-state index in [4.69, 9.17) is 16.9 Å². The smallest absolute Gasteiger partial charge is 0.148 e. The number of halogens is 1. The molecule has 1 atom stereocenters. The summed E-state index contributed by atoms with van der Waals surface area (Å²) in [4.78, 5) is 9.10. The van der Waals surface area contributed by atoms with Crippen molar-refractivity contribution in [1.82, 2.24) is 15.2 Å². The van der Waals surface area contributed by atoms with Crippen LogP contribution < -0.4 is 10.2 Å². The Bertz CT molecular complexity index is 521. The Kier molecular flexibility index (Phi) is 4.06. The van der Waals surface area contributed by atoms with Crippen LogP contribution in [0.1, 0.15) is 12.0 Å². The molecule has 0 aliphatic carbocycles. The van der Waals surface area contributed by atoms with Gasteiger partial charge in [0, 0.05) is 51.5 Å². The Morgan fingerprint density at radius 2 is 2.15 bits per heavy atom. The highest BCUT2D eigenvalue weighted by atomic mass is 35.5. The van der Waals surface area contributed by atoms with Gasteiger partial charge in [0.05, 0.1) is 5.56 Å². The molecule has 3 rings (SSSR count). The van der Waals surface area contributed by atoms with E-state index >= 15 is 0 Å². The lowest BCUT2D eigenvalue weighted by Gasteiger charge is -2.32. The van der Waals surface area contributed by atoms with Crippen molar-refractivity contribution in [2.24, 2.45) is 0 Å². The minimum atomic E-state index is 0.482. The molecule has 0 saturated carbocycles. The highest BCUT2D eigenvalue weighted by molar-refractivity contribution is 6.34. The normalized spacial score (nSPS) is 23.8. The van der Waals surface area contributed by atoms with Crippen molar-refractivity contribution < 1.29 is 0 Å². The number of hydrogen-bond donors (Lipinski definition) is 1. The predicted molar refractivity (Wildman–Crippen MR) is 79.0 cm³/mol. The number of pyridine rings is 1. The first kappa shape index (κ1) is 13.6. The van der Waals surface area contributed by atoms with Crippen molar-refractivity contribution >= 4 is 17.4 Å². The largest absolute Gasteiger partial charge is 0.354 e. The van der Waals surface area contributed by atoms with Crippen LogP contribution in [-0.2, 0) is 0 Å². The highest BCUT2D eigenvalue weighted by Crippen LogP contribution is 2.30. The van der Waals surface area contributed by atoms with E-state index in [0.717, 1.165) is 51.5 Å². The third-order valence-electron chi connectivity index (χ3n) is 4.12. The van der Waals surface area contributed by atoms with E-state index in [1.807, 2.05) is 0 Å². The van der Waals surface area contributed by atoms with Gasteiger partial charge in [-0.3, -0.25) is 4.90 Å². The SMILES string of the molecule is N#Cc1ccnc(N2CCC(N3CCNCC3)C2)c1Cl. The third-order valence-corrected chi connectivity index (χ3v) is 4.49. The van der Waals surface area contributed by atoms with Gasteiger partial charge in [-0.15, -0.1) is 0 Å². The molecule has 2 saturated heterocycles. The van der Waals surface area contributed by atoms with Crippen molar-refractivity contribution in [3.05, 3.63) is 22.8 Å². The van der Waals surface area contributed by atoms with Crippen molar-refractivity contribution in [2.45, 2.75) is 12.5 Å². The quantitative estimate of drug-likeness (QED) is 0.884. The van der Waals surface area contributed by atoms with Crippen LogP contribution in [0.25, 0.3) is 0 Å². The molecule has 2 aliphatic rings. The van der Waals surface area contributed by atoms with E-state index in [2.05, 4.69) is 26.2 Å². The summed E-state index contributed by atoms with van der Waals surface area (Å²) < 4.78 is 0. The first-order valence-electron chi connectivity index (χ1n) is 7.04. The van der Waals surface area contributed by atoms with E-state index < -0.39 is 0 Å². The number of nitrogens with one attached hydrogen (secondary N) is 1. The van der Waals surface area contributed by atoms with E-state index in [9.17, 15) is 0 Å². The summed E-state index contributed by atoms with van der Waals surface area (Å²) in [6.07, 6.45) is 2.80. The van der Waals surface area contributed by atoms with Gasteiger partial charge in [0.25, 0.3) is 0 Å². The third kappa shape index (κ3) is 2.59. The molecule has 6 heteroatoms.